The van der Waals surface area contributed by atoms with Crippen LogP contribution in [0.4, 0.5) is 0 Å². The van der Waals surface area contributed by atoms with Gasteiger partial charge < -0.3 is 5.32 Å². The van der Waals surface area contributed by atoms with Crippen LogP contribution in [0.1, 0.15) is 37.8 Å². The number of hydrogen-bond donors (Lipinski definition) is 1. The van der Waals surface area contributed by atoms with Crippen molar-refractivity contribution in [1.29, 1.82) is 0 Å². The molecule has 0 aliphatic carbocycles. The minimum absolute atomic E-state index is 0.0323. The first-order valence-corrected chi connectivity index (χ1v) is 8.59. The van der Waals surface area contributed by atoms with Gasteiger partial charge in [-0.2, -0.15) is 0 Å². The maximum Gasteiger partial charge on any atom is 0.180 e. The minimum atomic E-state index is -3.22. The zero-order chi connectivity index (χ0) is 14.5. The van der Waals surface area contributed by atoms with Crippen LogP contribution in [0, 0.1) is 13.8 Å². The van der Waals surface area contributed by atoms with E-state index < -0.39 is 9.84 Å². The summed E-state index contributed by atoms with van der Waals surface area (Å²) in [5.74, 6) is 0.174. The molecule has 3 nitrogen and oxygen atoms in total. The van der Waals surface area contributed by atoms with E-state index in [1.54, 1.807) is 6.07 Å². The Morgan fingerprint density at radius 3 is 2.47 bits per heavy atom. The lowest BCUT2D eigenvalue weighted by atomic mass is 10.2. The average Bonchev–Trinajstić information content (AvgIpc) is 2.37. The quantitative estimate of drug-likeness (QED) is 0.837. The number of rotatable bonds is 7. The number of nitrogens with one attached hydrogen (secondary N) is 1. The molecular weight excluding hydrogens is 258 g/mol. The first-order chi connectivity index (χ1) is 8.90. The molecule has 0 saturated heterocycles. The van der Waals surface area contributed by atoms with Crippen molar-refractivity contribution < 1.29 is 8.42 Å². The molecule has 1 rings (SSSR count). The monoisotopic (exact) mass is 283 g/mol. The molecule has 1 unspecified atom stereocenters. The summed E-state index contributed by atoms with van der Waals surface area (Å²) >= 11 is 0. The van der Waals surface area contributed by atoms with Crippen molar-refractivity contribution in [2.75, 3.05) is 12.3 Å². The van der Waals surface area contributed by atoms with E-state index in [0.717, 1.165) is 30.5 Å². The van der Waals surface area contributed by atoms with Crippen LogP contribution >= 0.6 is 0 Å². The highest BCUT2D eigenvalue weighted by Crippen LogP contribution is 2.19. The summed E-state index contributed by atoms with van der Waals surface area (Å²) < 4.78 is 25.0. The van der Waals surface area contributed by atoms with E-state index >= 15 is 0 Å². The van der Waals surface area contributed by atoms with E-state index in [4.69, 9.17) is 0 Å². The maximum atomic E-state index is 12.5. The molecule has 0 aliphatic rings. The zero-order valence-electron chi connectivity index (χ0n) is 12.4. The topological polar surface area (TPSA) is 46.2 Å². The molecule has 1 atom stereocenters. The second-order valence-electron chi connectivity index (χ2n) is 5.11. The van der Waals surface area contributed by atoms with Gasteiger partial charge in [0.25, 0.3) is 0 Å². The van der Waals surface area contributed by atoms with E-state index in [0.29, 0.717) is 4.90 Å². The van der Waals surface area contributed by atoms with Crippen LogP contribution in [0.25, 0.3) is 0 Å². The van der Waals surface area contributed by atoms with Gasteiger partial charge in [0.2, 0.25) is 0 Å². The van der Waals surface area contributed by atoms with Gasteiger partial charge in [-0.1, -0.05) is 26.0 Å². The lowest BCUT2D eigenvalue weighted by Crippen LogP contribution is -2.35. The van der Waals surface area contributed by atoms with Gasteiger partial charge in [0.05, 0.1) is 10.6 Å². The number of benzene rings is 1. The molecule has 1 N–H and O–H groups in total. The molecule has 0 bridgehead atoms. The summed E-state index contributed by atoms with van der Waals surface area (Å²) in [7, 11) is -3.22. The van der Waals surface area contributed by atoms with Crippen LogP contribution in [0.5, 0.6) is 0 Å². The standard InChI is InChI=1S/C15H25NO2S/c1-5-9-16-14(6-2)11-19(17,18)15-10-12(3)7-8-13(15)4/h7-8,10,14,16H,5-6,9,11H2,1-4H3. The van der Waals surface area contributed by atoms with Crippen molar-refractivity contribution in [2.45, 2.75) is 51.5 Å². The SMILES string of the molecule is CCCNC(CC)CS(=O)(=O)c1cc(C)ccc1C. The highest BCUT2D eigenvalue weighted by Gasteiger charge is 2.21. The predicted molar refractivity (Wildman–Crippen MR) is 80.3 cm³/mol. The van der Waals surface area contributed by atoms with Gasteiger partial charge in [0.1, 0.15) is 0 Å². The summed E-state index contributed by atoms with van der Waals surface area (Å²) in [6, 6.07) is 5.63. The fourth-order valence-electron chi connectivity index (χ4n) is 2.07. The predicted octanol–water partition coefficient (Wildman–Crippen LogP) is 2.86. The van der Waals surface area contributed by atoms with Crippen molar-refractivity contribution in [3.05, 3.63) is 29.3 Å². The van der Waals surface area contributed by atoms with Crippen molar-refractivity contribution in [1.82, 2.24) is 5.32 Å². The minimum Gasteiger partial charge on any atom is -0.313 e. The maximum absolute atomic E-state index is 12.5. The average molecular weight is 283 g/mol. The molecule has 4 heteroatoms. The number of sulfone groups is 1. The molecule has 1 aromatic carbocycles. The van der Waals surface area contributed by atoms with Crippen LogP contribution in [0.15, 0.2) is 23.1 Å². The second-order valence-corrected chi connectivity index (χ2v) is 7.11. The van der Waals surface area contributed by atoms with Crippen molar-refractivity contribution in [2.24, 2.45) is 0 Å². The Bertz CT molecular complexity index is 509. The normalized spacial score (nSPS) is 13.5. The van der Waals surface area contributed by atoms with Crippen molar-refractivity contribution in [3.63, 3.8) is 0 Å². The van der Waals surface area contributed by atoms with E-state index in [9.17, 15) is 8.42 Å². The third-order valence-electron chi connectivity index (χ3n) is 3.28. The zero-order valence-corrected chi connectivity index (χ0v) is 13.2. The molecule has 1 aromatic rings. The lowest BCUT2D eigenvalue weighted by molar-refractivity contribution is 0.519. The molecule has 108 valence electrons. The highest BCUT2D eigenvalue weighted by atomic mass is 32.2. The van der Waals surface area contributed by atoms with Gasteiger partial charge in [-0.05, 0) is 50.4 Å². The molecule has 0 amide bonds. The van der Waals surface area contributed by atoms with E-state index in [1.165, 1.54) is 0 Å². The third kappa shape index (κ3) is 4.62. The number of aryl methyl sites for hydroxylation is 2. The fourth-order valence-corrected chi connectivity index (χ4v) is 4.05. The van der Waals surface area contributed by atoms with Gasteiger partial charge in [-0.3, -0.25) is 0 Å². The lowest BCUT2D eigenvalue weighted by Gasteiger charge is -2.17. The smallest absolute Gasteiger partial charge is 0.180 e. The molecule has 0 heterocycles. The highest BCUT2D eigenvalue weighted by molar-refractivity contribution is 7.91. The third-order valence-corrected chi connectivity index (χ3v) is 5.23. The summed E-state index contributed by atoms with van der Waals surface area (Å²) in [6.07, 6.45) is 1.84. The largest absolute Gasteiger partial charge is 0.313 e. The Balaban J connectivity index is 2.93. The van der Waals surface area contributed by atoms with Gasteiger partial charge in [-0.25, -0.2) is 8.42 Å². The van der Waals surface area contributed by atoms with E-state index in [-0.39, 0.29) is 11.8 Å². The van der Waals surface area contributed by atoms with Gasteiger partial charge in [-0.15, -0.1) is 0 Å². The molecular formula is C15H25NO2S. The summed E-state index contributed by atoms with van der Waals surface area (Å²) in [5.41, 5.74) is 1.81. The van der Waals surface area contributed by atoms with Crippen molar-refractivity contribution in [3.8, 4) is 0 Å². The first-order valence-electron chi connectivity index (χ1n) is 6.94. The second kappa shape index (κ2) is 7.06. The molecule has 0 spiro atoms. The Labute approximate surface area is 117 Å². The first kappa shape index (κ1) is 16.2. The summed E-state index contributed by atoms with van der Waals surface area (Å²) in [6.45, 7) is 8.74. The Morgan fingerprint density at radius 2 is 1.89 bits per heavy atom. The van der Waals surface area contributed by atoms with Crippen LogP contribution < -0.4 is 5.32 Å². The van der Waals surface area contributed by atoms with E-state index in [1.807, 2.05) is 32.9 Å². The molecule has 0 aliphatic heterocycles. The van der Waals surface area contributed by atoms with Crippen molar-refractivity contribution >= 4 is 9.84 Å². The van der Waals surface area contributed by atoms with Gasteiger partial charge in [0.15, 0.2) is 9.84 Å². The van der Waals surface area contributed by atoms with Crippen LogP contribution in [-0.4, -0.2) is 26.8 Å². The molecule has 19 heavy (non-hydrogen) atoms. The molecule has 0 radical (unpaired) electrons. The van der Waals surface area contributed by atoms with Crippen LogP contribution in [-0.2, 0) is 9.84 Å². The summed E-state index contributed by atoms with van der Waals surface area (Å²) in [4.78, 5) is 0.476. The van der Waals surface area contributed by atoms with Gasteiger partial charge >= 0.3 is 0 Å². The molecule has 0 saturated carbocycles. The number of hydrogen-bond acceptors (Lipinski definition) is 3. The van der Waals surface area contributed by atoms with Crippen LogP contribution in [0.3, 0.4) is 0 Å². The van der Waals surface area contributed by atoms with Crippen LogP contribution in [0.2, 0.25) is 0 Å². The Hall–Kier alpha value is -0.870. The Morgan fingerprint density at radius 1 is 1.21 bits per heavy atom. The molecule has 0 fully saturated rings. The summed E-state index contributed by atoms with van der Waals surface area (Å²) in [5, 5.41) is 3.30. The Kier molecular flexibility index (Phi) is 6.01. The molecule has 0 aromatic heterocycles. The van der Waals surface area contributed by atoms with Gasteiger partial charge in [0, 0.05) is 6.04 Å². The fraction of sp³-hybridized carbons (Fsp3) is 0.600. The van der Waals surface area contributed by atoms with E-state index in [2.05, 4.69) is 12.2 Å².